The molecule has 0 saturated carbocycles. The Morgan fingerprint density at radius 3 is 2.75 bits per heavy atom. The lowest BCUT2D eigenvalue weighted by Gasteiger charge is -2.07. The van der Waals surface area contributed by atoms with Gasteiger partial charge in [-0.25, -0.2) is 9.78 Å². The third kappa shape index (κ3) is 5.05. The fraction of sp³-hybridized carbons (Fsp3) is 0.167. The highest BCUT2D eigenvalue weighted by molar-refractivity contribution is 7.99. The van der Waals surface area contributed by atoms with Gasteiger partial charge >= 0.3 is 11.9 Å². The number of anilines is 1. The molecule has 10 heteroatoms. The monoisotopic (exact) mass is 417 g/mol. The van der Waals surface area contributed by atoms with Crippen LogP contribution in [0.5, 0.6) is 0 Å². The summed E-state index contributed by atoms with van der Waals surface area (Å²) in [6, 6.07) is 8.99. The second kappa shape index (κ2) is 9.29. The molecule has 0 radical (unpaired) electrons. The number of thioether (sulfide) groups is 1. The maximum absolute atomic E-state index is 11.9. The molecule has 3 aromatic rings. The van der Waals surface area contributed by atoms with Gasteiger partial charge in [0.1, 0.15) is 9.90 Å². The third-order valence-electron chi connectivity index (χ3n) is 3.44. The summed E-state index contributed by atoms with van der Waals surface area (Å²) in [5, 5.41) is 4.75. The number of methoxy groups -OCH3 is 1. The number of thiophene rings is 1. The van der Waals surface area contributed by atoms with Crippen LogP contribution in [0.1, 0.15) is 9.67 Å². The molecule has 0 aliphatic heterocycles. The third-order valence-corrected chi connectivity index (χ3v) is 5.21. The average molecular weight is 417 g/mol. The average Bonchev–Trinajstić information content (AvgIpc) is 3.18. The number of hydrogen-bond acceptors (Lipinski definition) is 9. The van der Waals surface area contributed by atoms with Gasteiger partial charge in [-0.2, -0.15) is 0 Å². The number of carbonyl (C=O) groups is 3. The second-order valence-electron chi connectivity index (χ2n) is 5.35. The first-order chi connectivity index (χ1) is 13.6. The maximum Gasteiger partial charge on any atom is 0.350 e. The smallest absolute Gasteiger partial charge is 0.350 e. The van der Waals surface area contributed by atoms with Crippen molar-refractivity contribution in [3.63, 3.8) is 0 Å². The zero-order valence-electron chi connectivity index (χ0n) is 14.7. The van der Waals surface area contributed by atoms with Gasteiger partial charge < -0.3 is 14.8 Å². The van der Waals surface area contributed by atoms with E-state index < -0.39 is 24.5 Å². The molecule has 0 atom stereocenters. The van der Waals surface area contributed by atoms with Crippen LogP contribution in [-0.4, -0.2) is 47.3 Å². The number of amides is 1. The Kier molecular flexibility index (Phi) is 6.56. The van der Waals surface area contributed by atoms with E-state index in [2.05, 4.69) is 20.0 Å². The summed E-state index contributed by atoms with van der Waals surface area (Å²) in [7, 11) is 1.26. The number of aromatic nitrogens is 2. The van der Waals surface area contributed by atoms with Crippen molar-refractivity contribution in [2.75, 3.05) is 24.8 Å². The lowest BCUT2D eigenvalue weighted by atomic mass is 10.3. The van der Waals surface area contributed by atoms with Gasteiger partial charge in [0, 0.05) is 0 Å². The molecule has 8 nitrogen and oxygen atoms in total. The molecule has 1 amide bonds. The number of ether oxygens (including phenoxy) is 2. The number of carbonyl (C=O) groups excluding carboxylic acids is 3. The first kappa shape index (κ1) is 19.8. The van der Waals surface area contributed by atoms with Gasteiger partial charge in [0.15, 0.2) is 6.61 Å². The molecule has 2 aromatic heterocycles. The molecule has 0 fully saturated rings. The first-order valence-corrected chi connectivity index (χ1v) is 9.89. The van der Waals surface area contributed by atoms with E-state index in [1.54, 1.807) is 17.6 Å². The Morgan fingerprint density at radius 1 is 1.18 bits per heavy atom. The number of nitrogens with zero attached hydrogens (tertiary/aromatic N) is 2. The Balaban J connectivity index is 1.46. The van der Waals surface area contributed by atoms with Gasteiger partial charge in [-0.05, 0) is 23.6 Å². The molecule has 0 aliphatic carbocycles. The zero-order valence-corrected chi connectivity index (χ0v) is 16.3. The fourth-order valence-corrected chi connectivity index (χ4v) is 3.58. The maximum atomic E-state index is 11.9. The van der Waals surface area contributed by atoms with Crippen LogP contribution in [-0.2, 0) is 19.1 Å². The number of hydrogen-bond donors (Lipinski definition) is 1. The van der Waals surface area contributed by atoms with E-state index in [1.807, 2.05) is 24.3 Å². The number of para-hydroxylation sites is 2. The molecule has 1 aromatic carbocycles. The van der Waals surface area contributed by atoms with E-state index in [1.165, 1.54) is 18.9 Å². The van der Waals surface area contributed by atoms with Gasteiger partial charge in [-0.3, -0.25) is 14.6 Å². The van der Waals surface area contributed by atoms with Crippen molar-refractivity contribution in [2.45, 2.75) is 5.03 Å². The minimum absolute atomic E-state index is 0.00778. The Hall–Kier alpha value is -2.98. The number of nitrogens with one attached hydrogen (secondary N) is 1. The van der Waals surface area contributed by atoms with Gasteiger partial charge in [-0.1, -0.05) is 23.9 Å². The topological polar surface area (TPSA) is 107 Å². The van der Waals surface area contributed by atoms with Crippen LogP contribution in [0.25, 0.3) is 11.0 Å². The molecule has 1 N–H and O–H groups in total. The van der Waals surface area contributed by atoms with Crippen molar-refractivity contribution in [2.24, 2.45) is 0 Å². The summed E-state index contributed by atoms with van der Waals surface area (Å²) in [6.07, 6.45) is 1.58. The van der Waals surface area contributed by atoms with Gasteiger partial charge in [0.05, 0.1) is 35.8 Å². The fourth-order valence-electron chi connectivity index (χ4n) is 2.18. The molecule has 0 unspecified atom stereocenters. The van der Waals surface area contributed by atoms with Crippen LogP contribution in [0.3, 0.4) is 0 Å². The van der Waals surface area contributed by atoms with E-state index in [-0.39, 0.29) is 10.6 Å². The van der Waals surface area contributed by atoms with E-state index in [0.717, 1.165) is 22.4 Å². The second-order valence-corrected chi connectivity index (χ2v) is 7.26. The van der Waals surface area contributed by atoms with Crippen LogP contribution in [0.15, 0.2) is 46.9 Å². The molecule has 2 heterocycles. The van der Waals surface area contributed by atoms with Crippen molar-refractivity contribution >= 4 is 57.7 Å². The Morgan fingerprint density at radius 2 is 1.96 bits per heavy atom. The highest BCUT2D eigenvalue weighted by Gasteiger charge is 2.16. The zero-order chi connectivity index (χ0) is 19.9. The van der Waals surface area contributed by atoms with Crippen molar-refractivity contribution in [1.82, 2.24) is 9.97 Å². The number of benzene rings is 1. The molecule has 3 rings (SSSR count). The highest BCUT2D eigenvalue weighted by Crippen LogP contribution is 2.23. The lowest BCUT2D eigenvalue weighted by Crippen LogP contribution is -2.22. The molecule has 0 aliphatic rings. The standard InChI is InChI=1S/C18H15N3O5S2/c1-25-18(24)17-13(6-7-27-17)20-14(22)9-26-16(23)10-28-15-8-19-11-4-2-3-5-12(11)21-15/h2-8H,9-10H2,1H3,(H,20,22). The summed E-state index contributed by atoms with van der Waals surface area (Å²) in [5.41, 5.74) is 1.82. The van der Waals surface area contributed by atoms with Gasteiger partial charge in [0.2, 0.25) is 0 Å². The van der Waals surface area contributed by atoms with Crippen molar-refractivity contribution in [3.05, 3.63) is 46.8 Å². The van der Waals surface area contributed by atoms with Crippen LogP contribution in [0.2, 0.25) is 0 Å². The minimum Gasteiger partial charge on any atom is -0.465 e. The lowest BCUT2D eigenvalue weighted by molar-refractivity contribution is -0.144. The summed E-state index contributed by atoms with van der Waals surface area (Å²) < 4.78 is 9.59. The van der Waals surface area contributed by atoms with Gasteiger partial charge in [0.25, 0.3) is 5.91 Å². The Bertz CT molecular complexity index is 1020. The summed E-state index contributed by atoms with van der Waals surface area (Å²) >= 11 is 2.31. The number of esters is 2. The van der Waals surface area contributed by atoms with Crippen molar-refractivity contribution in [3.8, 4) is 0 Å². The normalized spacial score (nSPS) is 10.5. The molecular formula is C18H15N3O5S2. The van der Waals surface area contributed by atoms with Crippen LogP contribution < -0.4 is 5.32 Å². The Labute approximate surface area is 168 Å². The number of fused-ring (bicyclic) bond motifs is 1. The molecule has 0 spiro atoms. The molecule has 0 saturated heterocycles. The predicted octanol–water partition coefficient (Wildman–Crippen LogP) is 2.75. The van der Waals surface area contributed by atoms with Crippen LogP contribution in [0.4, 0.5) is 5.69 Å². The molecular weight excluding hydrogens is 402 g/mol. The number of rotatable bonds is 7. The highest BCUT2D eigenvalue weighted by atomic mass is 32.2. The molecule has 28 heavy (non-hydrogen) atoms. The first-order valence-electron chi connectivity index (χ1n) is 8.02. The van der Waals surface area contributed by atoms with E-state index in [4.69, 9.17) is 4.74 Å². The largest absolute Gasteiger partial charge is 0.465 e. The van der Waals surface area contributed by atoms with E-state index in [0.29, 0.717) is 10.7 Å². The molecule has 0 bridgehead atoms. The van der Waals surface area contributed by atoms with Crippen LogP contribution >= 0.6 is 23.1 Å². The SMILES string of the molecule is COC(=O)c1sccc1NC(=O)COC(=O)CSc1cnc2ccccc2n1. The molecule has 144 valence electrons. The van der Waals surface area contributed by atoms with Crippen molar-refractivity contribution < 1.29 is 23.9 Å². The van der Waals surface area contributed by atoms with Crippen molar-refractivity contribution in [1.29, 1.82) is 0 Å². The van der Waals surface area contributed by atoms with Crippen LogP contribution in [0, 0.1) is 0 Å². The predicted molar refractivity (Wildman–Crippen MR) is 106 cm³/mol. The van der Waals surface area contributed by atoms with E-state index >= 15 is 0 Å². The van der Waals surface area contributed by atoms with Gasteiger partial charge in [-0.15, -0.1) is 11.3 Å². The summed E-state index contributed by atoms with van der Waals surface area (Å²) in [4.78, 5) is 44.3. The minimum atomic E-state index is -0.561. The summed E-state index contributed by atoms with van der Waals surface area (Å²) in [5.74, 6) is -1.66. The quantitative estimate of drug-likeness (QED) is 0.462. The van der Waals surface area contributed by atoms with E-state index in [9.17, 15) is 14.4 Å². The summed E-state index contributed by atoms with van der Waals surface area (Å²) in [6.45, 7) is -0.459.